The fourth-order valence-corrected chi connectivity index (χ4v) is 3.23. The normalized spacial score (nSPS) is 13.4. The molecule has 1 amide bonds. The van der Waals surface area contributed by atoms with Crippen LogP contribution in [0.15, 0.2) is 30.3 Å². The van der Waals surface area contributed by atoms with Gasteiger partial charge in [0.2, 0.25) is 5.60 Å². The van der Waals surface area contributed by atoms with Gasteiger partial charge in [0, 0.05) is 24.1 Å². The number of esters is 1. The number of hydrogen-bond acceptors (Lipinski definition) is 4. The molecule has 5 nitrogen and oxygen atoms in total. The minimum absolute atomic E-state index is 0.0377. The number of rotatable bonds is 9. The van der Waals surface area contributed by atoms with E-state index in [1.807, 2.05) is 58.0 Å². The Bertz CT molecular complexity index is 563. The monoisotopic (exact) mass is 363 g/mol. The summed E-state index contributed by atoms with van der Waals surface area (Å²) in [4.78, 5) is 27.4. The summed E-state index contributed by atoms with van der Waals surface area (Å²) in [7, 11) is 1.33. The number of amides is 1. The molecule has 0 aliphatic heterocycles. The van der Waals surface area contributed by atoms with E-state index in [9.17, 15) is 9.59 Å². The lowest BCUT2D eigenvalue weighted by Crippen LogP contribution is -2.49. The van der Waals surface area contributed by atoms with Crippen molar-refractivity contribution in [2.24, 2.45) is 0 Å². The van der Waals surface area contributed by atoms with E-state index in [1.54, 1.807) is 4.90 Å². The second-order valence-electron chi connectivity index (χ2n) is 7.10. The molecule has 1 aromatic rings. The summed E-state index contributed by atoms with van der Waals surface area (Å²) in [6.45, 7) is 9.82. The van der Waals surface area contributed by atoms with E-state index in [0.717, 1.165) is 19.3 Å². The molecule has 26 heavy (non-hydrogen) atoms. The molecule has 0 saturated carbocycles. The minimum atomic E-state index is -1.43. The van der Waals surface area contributed by atoms with Crippen LogP contribution in [0.3, 0.4) is 0 Å². The van der Waals surface area contributed by atoms with Crippen LogP contribution in [-0.4, -0.2) is 36.2 Å². The third kappa shape index (κ3) is 5.23. The van der Waals surface area contributed by atoms with Gasteiger partial charge in [-0.25, -0.2) is 9.59 Å². The van der Waals surface area contributed by atoms with Crippen molar-refractivity contribution in [1.29, 1.82) is 0 Å². The van der Waals surface area contributed by atoms with Gasteiger partial charge in [0.15, 0.2) is 0 Å². The van der Waals surface area contributed by atoms with E-state index in [0.29, 0.717) is 12.0 Å². The molecule has 146 valence electrons. The maximum absolute atomic E-state index is 13.0. The van der Waals surface area contributed by atoms with E-state index in [4.69, 9.17) is 9.47 Å². The molecule has 0 fully saturated rings. The van der Waals surface area contributed by atoms with Crippen molar-refractivity contribution in [2.45, 2.75) is 78.0 Å². The summed E-state index contributed by atoms with van der Waals surface area (Å²) in [6.07, 6.45) is 2.61. The Morgan fingerprint density at radius 1 is 1.04 bits per heavy atom. The van der Waals surface area contributed by atoms with Gasteiger partial charge in [-0.1, -0.05) is 50.1 Å². The standard InChI is InChI=1S/C21H33NO4/c1-7-8-12-15-21(19(23)25-6,18-13-10-9-11-14-18)26-20(24)22(16(2)3)17(4)5/h9-11,13-14,16-17H,7-8,12,15H2,1-6H3/t21-/m0/s1. The Hall–Kier alpha value is -2.04. The Morgan fingerprint density at radius 2 is 1.62 bits per heavy atom. The lowest BCUT2D eigenvalue weighted by atomic mass is 9.88. The molecule has 1 aromatic carbocycles. The molecule has 0 unspecified atom stereocenters. The van der Waals surface area contributed by atoms with Gasteiger partial charge in [0.05, 0.1) is 7.11 Å². The second kappa shape index (κ2) is 10.2. The van der Waals surface area contributed by atoms with Crippen molar-refractivity contribution in [3.63, 3.8) is 0 Å². The largest absolute Gasteiger partial charge is 0.466 e. The van der Waals surface area contributed by atoms with Gasteiger partial charge in [0.25, 0.3) is 0 Å². The molecule has 0 saturated heterocycles. The summed E-state index contributed by atoms with van der Waals surface area (Å²) in [5.41, 5.74) is -0.784. The molecular formula is C21H33NO4. The molecule has 0 bridgehead atoms. The lowest BCUT2D eigenvalue weighted by Gasteiger charge is -2.36. The van der Waals surface area contributed by atoms with Gasteiger partial charge in [-0.3, -0.25) is 0 Å². The molecule has 0 heterocycles. The Morgan fingerprint density at radius 3 is 2.08 bits per heavy atom. The molecule has 1 atom stereocenters. The number of nitrogens with zero attached hydrogens (tertiary/aromatic N) is 1. The summed E-state index contributed by atoms with van der Waals surface area (Å²) >= 11 is 0. The van der Waals surface area contributed by atoms with Crippen LogP contribution < -0.4 is 0 Å². The molecule has 0 aliphatic carbocycles. The first-order valence-corrected chi connectivity index (χ1v) is 9.45. The van der Waals surface area contributed by atoms with Crippen LogP contribution >= 0.6 is 0 Å². The highest BCUT2D eigenvalue weighted by atomic mass is 16.6. The second-order valence-corrected chi connectivity index (χ2v) is 7.10. The van der Waals surface area contributed by atoms with Crippen molar-refractivity contribution in [1.82, 2.24) is 4.90 Å². The number of unbranched alkanes of at least 4 members (excludes halogenated alkanes) is 2. The van der Waals surface area contributed by atoms with Crippen LogP contribution in [0.5, 0.6) is 0 Å². The smallest absolute Gasteiger partial charge is 0.411 e. The van der Waals surface area contributed by atoms with Crippen LogP contribution in [0.25, 0.3) is 0 Å². The van der Waals surface area contributed by atoms with E-state index in [2.05, 4.69) is 6.92 Å². The highest BCUT2D eigenvalue weighted by Gasteiger charge is 2.46. The Kier molecular flexibility index (Phi) is 8.62. The quantitative estimate of drug-likeness (QED) is 0.463. The number of methoxy groups -OCH3 is 1. The molecule has 0 aromatic heterocycles. The van der Waals surface area contributed by atoms with E-state index in [-0.39, 0.29) is 12.1 Å². The van der Waals surface area contributed by atoms with Crippen molar-refractivity contribution in [3.8, 4) is 0 Å². The fraction of sp³-hybridized carbons (Fsp3) is 0.619. The molecule has 5 heteroatoms. The first-order chi connectivity index (χ1) is 12.3. The highest BCUT2D eigenvalue weighted by Crippen LogP contribution is 2.34. The summed E-state index contributed by atoms with van der Waals surface area (Å²) in [5, 5.41) is 0. The average molecular weight is 363 g/mol. The predicted molar refractivity (Wildman–Crippen MR) is 103 cm³/mol. The van der Waals surface area contributed by atoms with Gasteiger partial charge in [-0.05, 0) is 34.1 Å². The van der Waals surface area contributed by atoms with Crippen molar-refractivity contribution in [3.05, 3.63) is 35.9 Å². The number of benzene rings is 1. The van der Waals surface area contributed by atoms with Gasteiger partial charge in [-0.15, -0.1) is 0 Å². The van der Waals surface area contributed by atoms with Crippen molar-refractivity contribution < 1.29 is 19.1 Å². The molecule has 0 radical (unpaired) electrons. The molecule has 0 spiro atoms. The number of hydrogen-bond donors (Lipinski definition) is 0. The van der Waals surface area contributed by atoms with Crippen molar-refractivity contribution in [2.75, 3.05) is 7.11 Å². The van der Waals surface area contributed by atoms with Crippen LogP contribution in [-0.2, 0) is 19.9 Å². The van der Waals surface area contributed by atoms with Gasteiger partial charge >= 0.3 is 12.1 Å². The van der Waals surface area contributed by atoms with Crippen LogP contribution in [0.2, 0.25) is 0 Å². The first kappa shape index (κ1) is 22.0. The van der Waals surface area contributed by atoms with E-state index < -0.39 is 17.7 Å². The van der Waals surface area contributed by atoms with Gasteiger partial charge < -0.3 is 14.4 Å². The highest BCUT2D eigenvalue weighted by molar-refractivity contribution is 5.84. The van der Waals surface area contributed by atoms with Gasteiger partial charge in [-0.2, -0.15) is 0 Å². The topological polar surface area (TPSA) is 55.8 Å². The SMILES string of the molecule is CCCCC[C@@](OC(=O)N(C(C)C)C(C)C)(C(=O)OC)c1ccccc1. The third-order valence-electron chi connectivity index (χ3n) is 4.47. The zero-order chi connectivity index (χ0) is 19.7. The third-order valence-corrected chi connectivity index (χ3v) is 4.47. The first-order valence-electron chi connectivity index (χ1n) is 9.45. The van der Waals surface area contributed by atoms with Crippen molar-refractivity contribution >= 4 is 12.1 Å². The minimum Gasteiger partial charge on any atom is -0.466 e. The lowest BCUT2D eigenvalue weighted by molar-refractivity contribution is -0.166. The van der Waals surface area contributed by atoms with Crippen LogP contribution in [0.1, 0.15) is 65.9 Å². The molecule has 0 N–H and O–H groups in total. The average Bonchev–Trinajstić information content (AvgIpc) is 2.60. The maximum atomic E-state index is 13.0. The van der Waals surface area contributed by atoms with Crippen LogP contribution in [0, 0.1) is 0 Å². The predicted octanol–water partition coefficient (Wildman–Crippen LogP) is 4.89. The van der Waals surface area contributed by atoms with Gasteiger partial charge in [0.1, 0.15) is 0 Å². The number of carbonyl (C=O) groups is 2. The Labute approximate surface area is 157 Å². The molecule has 1 rings (SSSR count). The molecular weight excluding hydrogens is 330 g/mol. The van der Waals surface area contributed by atoms with E-state index in [1.165, 1.54) is 7.11 Å². The summed E-state index contributed by atoms with van der Waals surface area (Å²) < 4.78 is 11.0. The Balaban J connectivity index is 3.32. The molecule has 0 aliphatic rings. The van der Waals surface area contributed by atoms with E-state index >= 15 is 0 Å². The summed E-state index contributed by atoms with van der Waals surface area (Å²) in [6, 6.07) is 9.09. The number of ether oxygens (including phenoxy) is 2. The maximum Gasteiger partial charge on any atom is 0.411 e. The summed E-state index contributed by atoms with van der Waals surface area (Å²) in [5.74, 6) is -0.541. The number of carbonyl (C=O) groups excluding carboxylic acids is 2. The van der Waals surface area contributed by atoms with Crippen LogP contribution in [0.4, 0.5) is 4.79 Å². The zero-order valence-electron chi connectivity index (χ0n) is 17.0. The zero-order valence-corrected chi connectivity index (χ0v) is 17.0. The fourth-order valence-electron chi connectivity index (χ4n) is 3.23.